The first-order chi connectivity index (χ1) is 9.98. The fourth-order valence-electron chi connectivity index (χ4n) is 2.57. The van der Waals surface area contributed by atoms with Crippen LogP contribution in [0.2, 0.25) is 5.02 Å². The summed E-state index contributed by atoms with van der Waals surface area (Å²) in [5.41, 5.74) is 0.918. The fourth-order valence-corrected chi connectivity index (χ4v) is 2.74. The Bertz CT molecular complexity index is 665. The van der Waals surface area contributed by atoms with Crippen LogP contribution in [0, 0.1) is 0 Å². The van der Waals surface area contributed by atoms with E-state index in [4.69, 9.17) is 16.3 Å². The Balaban J connectivity index is 1.81. The molecule has 21 heavy (non-hydrogen) atoms. The number of morpholine rings is 1. The minimum atomic E-state index is -0.543. The van der Waals surface area contributed by atoms with Gasteiger partial charge in [0.15, 0.2) is 0 Å². The normalized spacial score (nSPS) is 22.5. The van der Waals surface area contributed by atoms with Crippen LogP contribution in [0.5, 0.6) is 0 Å². The van der Waals surface area contributed by atoms with Gasteiger partial charge >= 0.3 is 0 Å². The molecule has 1 saturated heterocycles. The number of hydrogen-bond acceptors (Lipinski definition) is 3. The maximum Gasteiger partial charge on any atom is 0.270 e. The number of nitrogens with one attached hydrogen (secondary N) is 1. The molecule has 3 rings (SSSR count). The van der Waals surface area contributed by atoms with Crippen LogP contribution in [0.1, 0.15) is 23.0 Å². The minimum Gasteiger partial charge on any atom is -0.367 e. The lowest BCUT2D eigenvalue weighted by molar-refractivity contribution is -0.0931. The van der Waals surface area contributed by atoms with Gasteiger partial charge in [-0.2, -0.15) is 5.10 Å². The molecule has 1 aliphatic rings. The van der Waals surface area contributed by atoms with Crippen molar-refractivity contribution >= 4 is 17.5 Å². The molecule has 6 nitrogen and oxygen atoms in total. The zero-order valence-electron chi connectivity index (χ0n) is 12.0. The van der Waals surface area contributed by atoms with Gasteiger partial charge in [-0.3, -0.25) is 9.48 Å². The van der Waals surface area contributed by atoms with E-state index in [0.29, 0.717) is 30.4 Å². The molecule has 1 fully saturated rings. The zero-order chi connectivity index (χ0) is 15.0. The molecule has 0 spiro atoms. The number of carbonyl (C=O) groups excluding carboxylic acids is 1. The number of rotatable bonds is 2. The summed E-state index contributed by atoms with van der Waals surface area (Å²) in [6.07, 6.45) is 5.30. The van der Waals surface area contributed by atoms with Crippen LogP contribution < -0.4 is 0 Å². The number of amides is 1. The third-order valence-electron chi connectivity index (χ3n) is 3.76. The Hall–Kier alpha value is -1.79. The SMILES string of the molecule is Cn1cc(C2(C)CN(C(=O)c3cc(Cl)c[nH]3)CCO2)cn1. The van der Waals surface area contributed by atoms with E-state index < -0.39 is 5.60 Å². The average molecular weight is 309 g/mol. The van der Waals surface area contributed by atoms with Crippen molar-refractivity contribution < 1.29 is 9.53 Å². The highest BCUT2D eigenvalue weighted by Gasteiger charge is 2.37. The molecule has 2 aromatic heterocycles. The molecule has 1 aliphatic heterocycles. The molecule has 1 amide bonds. The maximum absolute atomic E-state index is 12.5. The van der Waals surface area contributed by atoms with Gasteiger partial charge in [0.1, 0.15) is 11.3 Å². The molecule has 0 bridgehead atoms. The van der Waals surface area contributed by atoms with Crippen molar-refractivity contribution in [3.05, 3.63) is 40.9 Å². The van der Waals surface area contributed by atoms with Crippen LogP contribution >= 0.6 is 11.6 Å². The molecule has 3 heterocycles. The molecule has 1 N–H and O–H groups in total. The van der Waals surface area contributed by atoms with Crippen molar-refractivity contribution in [3.8, 4) is 0 Å². The molecule has 0 saturated carbocycles. The van der Waals surface area contributed by atoms with E-state index in [-0.39, 0.29) is 5.91 Å². The Morgan fingerprint density at radius 1 is 1.57 bits per heavy atom. The van der Waals surface area contributed by atoms with Crippen molar-refractivity contribution in [3.63, 3.8) is 0 Å². The number of hydrogen-bond donors (Lipinski definition) is 1. The van der Waals surface area contributed by atoms with E-state index in [0.717, 1.165) is 5.56 Å². The van der Waals surface area contributed by atoms with Gasteiger partial charge in [-0.1, -0.05) is 11.6 Å². The first-order valence-corrected chi connectivity index (χ1v) is 7.12. The summed E-state index contributed by atoms with van der Waals surface area (Å²) in [5, 5.41) is 4.71. The maximum atomic E-state index is 12.5. The number of aromatic nitrogens is 3. The van der Waals surface area contributed by atoms with Crippen LogP contribution in [-0.2, 0) is 17.4 Å². The number of nitrogens with zero attached hydrogens (tertiary/aromatic N) is 3. The van der Waals surface area contributed by atoms with E-state index >= 15 is 0 Å². The van der Waals surface area contributed by atoms with Gasteiger partial charge in [-0.25, -0.2) is 0 Å². The van der Waals surface area contributed by atoms with Gasteiger partial charge in [0.2, 0.25) is 0 Å². The van der Waals surface area contributed by atoms with Crippen molar-refractivity contribution in [1.29, 1.82) is 0 Å². The molecule has 7 heteroatoms. The third-order valence-corrected chi connectivity index (χ3v) is 3.97. The number of carbonyl (C=O) groups is 1. The Kier molecular flexibility index (Phi) is 3.51. The molecular weight excluding hydrogens is 292 g/mol. The van der Waals surface area contributed by atoms with Crippen molar-refractivity contribution in [1.82, 2.24) is 19.7 Å². The summed E-state index contributed by atoms with van der Waals surface area (Å²) < 4.78 is 7.63. The van der Waals surface area contributed by atoms with Gasteiger partial charge in [-0.15, -0.1) is 0 Å². The first-order valence-electron chi connectivity index (χ1n) is 6.74. The van der Waals surface area contributed by atoms with Gasteiger partial charge in [-0.05, 0) is 13.0 Å². The van der Waals surface area contributed by atoms with E-state index in [9.17, 15) is 4.79 Å². The smallest absolute Gasteiger partial charge is 0.270 e. The quantitative estimate of drug-likeness (QED) is 0.920. The topological polar surface area (TPSA) is 63.2 Å². The van der Waals surface area contributed by atoms with Gasteiger partial charge in [0.25, 0.3) is 5.91 Å². The lowest BCUT2D eigenvalue weighted by atomic mass is 9.97. The number of ether oxygens (including phenoxy) is 1. The van der Waals surface area contributed by atoms with Crippen LogP contribution in [0.4, 0.5) is 0 Å². The van der Waals surface area contributed by atoms with E-state index in [1.165, 1.54) is 0 Å². The summed E-state index contributed by atoms with van der Waals surface area (Å²) in [7, 11) is 1.86. The molecule has 112 valence electrons. The summed E-state index contributed by atoms with van der Waals surface area (Å²) in [5.74, 6) is -0.0692. The predicted molar refractivity (Wildman–Crippen MR) is 78.2 cm³/mol. The van der Waals surface area contributed by atoms with Gasteiger partial charge in [0.05, 0.1) is 24.4 Å². The first kappa shape index (κ1) is 14.2. The summed E-state index contributed by atoms with van der Waals surface area (Å²) in [6, 6.07) is 1.64. The minimum absolute atomic E-state index is 0.0692. The number of aryl methyl sites for hydroxylation is 1. The highest BCUT2D eigenvalue weighted by atomic mass is 35.5. The Morgan fingerprint density at radius 3 is 3.00 bits per heavy atom. The number of H-pyrrole nitrogens is 1. The lowest BCUT2D eigenvalue weighted by Crippen LogP contribution is -2.50. The van der Waals surface area contributed by atoms with E-state index in [1.54, 1.807) is 28.0 Å². The lowest BCUT2D eigenvalue weighted by Gasteiger charge is -2.39. The number of aromatic amines is 1. The fraction of sp³-hybridized carbons (Fsp3) is 0.429. The van der Waals surface area contributed by atoms with Gasteiger partial charge < -0.3 is 14.6 Å². The summed E-state index contributed by atoms with van der Waals surface area (Å²) in [6.45, 7) is 3.51. The molecule has 1 atom stereocenters. The number of halogens is 1. The molecule has 0 aliphatic carbocycles. The molecule has 0 radical (unpaired) electrons. The second-order valence-corrected chi connectivity index (χ2v) is 5.88. The van der Waals surface area contributed by atoms with Crippen LogP contribution in [0.3, 0.4) is 0 Å². The molecule has 0 aromatic carbocycles. The largest absolute Gasteiger partial charge is 0.367 e. The van der Waals surface area contributed by atoms with Crippen molar-refractivity contribution in [2.75, 3.05) is 19.7 Å². The monoisotopic (exact) mass is 308 g/mol. The Labute approximate surface area is 127 Å². The van der Waals surface area contributed by atoms with Crippen molar-refractivity contribution in [2.45, 2.75) is 12.5 Å². The summed E-state index contributed by atoms with van der Waals surface area (Å²) >= 11 is 5.86. The second-order valence-electron chi connectivity index (χ2n) is 5.44. The van der Waals surface area contributed by atoms with Crippen LogP contribution in [-0.4, -0.2) is 45.3 Å². The molecule has 1 unspecified atom stereocenters. The van der Waals surface area contributed by atoms with Crippen LogP contribution in [0.15, 0.2) is 24.7 Å². The Morgan fingerprint density at radius 2 is 2.38 bits per heavy atom. The summed E-state index contributed by atoms with van der Waals surface area (Å²) in [4.78, 5) is 17.2. The average Bonchev–Trinajstić information content (AvgIpc) is 3.07. The van der Waals surface area contributed by atoms with Crippen molar-refractivity contribution in [2.24, 2.45) is 7.05 Å². The highest BCUT2D eigenvalue weighted by molar-refractivity contribution is 6.30. The van der Waals surface area contributed by atoms with E-state index in [1.807, 2.05) is 20.2 Å². The van der Waals surface area contributed by atoms with Gasteiger partial charge in [0, 0.05) is 31.5 Å². The predicted octanol–water partition coefficient (Wildman–Crippen LogP) is 1.79. The highest BCUT2D eigenvalue weighted by Crippen LogP contribution is 2.29. The zero-order valence-corrected chi connectivity index (χ0v) is 12.7. The third kappa shape index (κ3) is 2.69. The molecular formula is C14H17ClN4O2. The standard InChI is InChI=1S/C14H17ClN4O2/c1-14(10-6-17-18(2)8-10)9-19(3-4-21-14)13(20)12-5-11(15)7-16-12/h5-8,16H,3-4,9H2,1-2H3. The van der Waals surface area contributed by atoms with Crippen LogP contribution in [0.25, 0.3) is 0 Å². The molecule has 2 aromatic rings. The second kappa shape index (κ2) is 5.20. The van der Waals surface area contributed by atoms with E-state index in [2.05, 4.69) is 10.1 Å².